The van der Waals surface area contributed by atoms with E-state index >= 15 is 0 Å². The van der Waals surface area contributed by atoms with Crippen LogP contribution in [0.5, 0.6) is 5.75 Å². The summed E-state index contributed by atoms with van der Waals surface area (Å²) in [6.07, 6.45) is 4.63. The summed E-state index contributed by atoms with van der Waals surface area (Å²) < 4.78 is 7.98. The summed E-state index contributed by atoms with van der Waals surface area (Å²) in [5.41, 5.74) is 8.20. The summed E-state index contributed by atoms with van der Waals surface area (Å²) in [4.78, 5) is 18.6. The largest absolute Gasteiger partial charge is 0.487 e. The van der Waals surface area contributed by atoms with Crippen LogP contribution in [0.25, 0.3) is 11.0 Å². The number of benzene rings is 2. The van der Waals surface area contributed by atoms with Gasteiger partial charge in [0.05, 0.1) is 18.1 Å². The lowest BCUT2D eigenvalue weighted by Gasteiger charge is -2.25. The molecule has 0 fully saturated rings. The van der Waals surface area contributed by atoms with Gasteiger partial charge in [0.25, 0.3) is 0 Å². The first-order valence-electron chi connectivity index (χ1n) is 12.8. The van der Waals surface area contributed by atoms with Gasteiger partial charge in [0.2, 0.25) is 0 Å². The minimum absolute atomic E-state index is 0.00491. The van der Waals surface area contributed by atoms with Crippen molar-refractivity contribution in [3.8, 4) is 5.75 Å². The van der Waals surface area contributed by atoms with Gasteiger partial charge in [-0.2, -0.15) is 0 Å². The molecule has 2 aromatic heterocycles. The Morgan fingerprint density at radius 2 is 2.05 bits per heavy atom. The average Bonchev–Trinajstić information content (AvgIpc) is 3.16. The van der Waals surface area contributed by atoms with Gasteiger partial charge in [0.1, 0.15) is 17.4 Å². The minimum atomic E-state index is -0.827. The number of aromatic nitrogens is 4. The summed E-state index contributed by atoms with van der Waals surface area (Å²) >= 11 is 0. The van der Waals surface area contributed by atoms with Gasteiger partial charge >= 0.3 is 5.97 Å². The SMILES string of the molecule is CC[C@@H]1CN(Cc2cc([C@H](CC(=O)O)c3ccc4c(nnn4C)c3C)ccc2C)Cc2ccncc2O1. The molecule has 8 nitrogen and oxygen atoms in total. The summed E-state index contributed by atoms with van der Waals surface area (Å²) in [6, 6.07) is 12.4. The predicted molar refractivity (Wildman–Crippen MR) is 142 cm³/mol. The summed E-state index contributed by atoms with van der Waals surface area (Å²) in [5.74, 6) is -0.254. The third-order valence-electron chi connectivity index (χ3n) is 7.48. The molecule has 0 saturated heterocycles. The smallest absolute Gasteiger partial charge is 0.304 e. The molecule has 0 amide bonds. The number of pyridine rings is 1. The molecule has 4 aromatic rings. The van der Waals surface area contributed by atoms with Gasteiger partial charge in [-0.1, -0.05) is 36.4 Å². The molecule has 8 heteroatoms. The lowest BCUT2D eigenvalue weighted by atomic mass is 9.84. The molecule has 1 N–H and O–H groups in total. The maximum absolute atomic E-state index is 12.0. The van der Waals surface area contributed by atoms with Crippen LogP contribution in [0.15, 0.2) is 48.8 Å². The van der Waals surface area contributed by atoms with Crippen LogP contribution >= 0.6 is 0 Å². The van der Waals surface area contributed by atoms with E-state index in [0.29, 0.717) is 0 Å². The van der Waals surface area contributed by atoms with E-state index in [1.165, 1.54) is 11.1 Å². The third kappa shape index (κ3) is 5.06. The molecule has 1 aliphatic heterocycles. The average molecular weight is 500 g/mol. The topological polar surface area (TPSA) is 93.4 Å². The summed E-state index contributed by atoms with van der Waals surface area (Å²) in [5, 5.41) is 18.3. The van der Waals surface area contributed by atoms with Crippen LogP contribution < -0.4 is 4.74 Å². The predicted octanol–water partition coefficient (Wildman–Crippen LogP) is 4.76. The maximum atomic E-state index is 12.0. The van der Waals surface area contributed by atoms with Gasteiger partial charge in [-0.05, 0) is 60.2 Å². The number of rotatable bonds is 7. The Labute approximate surface area is 216 Å². The second-order valence-electron chi connectivity index (χ2n) is 10.00. The molecule has 0 saturated carbocycles. The first-order valence-corrected chi connectivity index (χ1v) is 12.8. The number of ether oxygens (including phenoxy) is 1. The standard InChI is InChI=1S/C29H33N5O3/c1-5-23-17-34(15-21-10-11-30-14-27(21)37-23)16-22-12-20(7-6-18(22)2)25(13-28(35)36)24-8-9-26-29(19(24)3)31-32-33(26)4/h6-12,14,23,25H,5,13,15-17H2,1-4H3,(H,35,36)/t23-,25+/m1/s1. The molecule has 3 heterocycles. The fourth-order valence-electron chi connectivity index (χ4n) is 5.32. The number of carbonyl (C=O) groups is 1. The number of carboxylic acids is 1. The Bertz CT molecular complexity index is 1450. The molecule has 2 atom stereocenters. The van der Waals surface area contributed by atoms with E-state index in [1.54, 1.807) is 10.9 Å². The van der Waals surface area contributed by atoms with Crippen molar-refractivity contribution in [2.24, 2.45) is 7.05 Å². The van der Waals surface area contributed by atoms with Crippen LogP contribution in [-0.4, -0.2) is 48.6 Å². The van der Waals surface area contributed by atoms with Crippen molar-refractivity contribution in [2.75, 3.05) is 6.54 Å². The summed E-state index contributed by atoms with van der Waals surface area (Å²) in [6.45, 7) is 8.61. The lowest BCUT2D eigenvalue weighted by Crippen LogP contribution is -2.32. The van der Waals surface area contributed by atoms with Crippen LogP contribution in [0.2, 0.25) is 0 Å². The Hall–Kier alpha value is -3.78. The van der Waals surface area contributed by atoms with Gasteiger partial charge in [0.15, 0.2) is 0 Å². The normalized spacial score (nSPS) is 16.7. The zero-order valence-electron chi connectivity index (χ0n) is 21.8. The van der Waals surface area contributed by atoms with Crippen molar-refractivity contribution in [3.63, 3.8) is 0 Å². The van der Waals surface area contributed by atoms with Crippen LogP contribution in [0, 0.1) is 13.8 Å². The molecule has 0 bridgehead atoms. The van der Waals surface area contributed by atoms with Gasteiger partial charge in [-0.3, -0.25) is 14.7 Å². The highest BCUT2D eigenvalue weighted by Crippen LogP contribution is 2.35. The van der Waals surface area contributed by atoms with Crippen LogP contribution in [0.1, 0.15) is 59.1 Å². The van der Waals surface area contributed by atoms with E-state index < -0.39 is 5.97 Å². The highest BCUT2D eigenvalue weighted by molar-refractivity contribution is 5.80. The van der Waals surface area contributed by atoms with Crippen molar-refractivity contribution in [3.05, 3.63) is 82.2 Å². The Kier molecular flexibility index (Phi) is 6.93. The molecule has 0 spiro atoms. The fraction of sp³-hybridized carbons (Fsp3) is 0.379. The first kappa shape index (κ1) is 24.9. The minimum Gasteiger partial charge on any atom is -0.487 e. The number of aliphatic carboxylic acids is 1. The van der Waals surface area contributed by atoms with E-state index in [0.717, 1.165) is 65.1 Å². The monoisotopic (exact) mass is 499 g/mol. The van der Waals surface area contributed by atoms with Gasteiger partial charge < -0.3 is 9.84 Å². The number of hydrogen-bond acceptors (Lipinski definition) is 6. The molecule has 37 heavy (non-hydrogen) atoms. The van der Waals surface area contributed by atoms with Crippen molar-refractivity contribution in [1.82, 2.24) is 24.9 Å². The highest BCUT2D eigenvalue weighted by atomic mass is 16.5. The number of nitrogens with zero attached hydrogens (tertiary/aromatic N) is 5. The first-order chi connectivity index (χ1) is 17.8. The number of aryl methyl sites for hydroxylation is 3. The molecule has 1 aliphatic rings. The number of carboxylic acid groups (broad SMARTS) is 1. The summed E-state index contributed by atoms with van der Waals surface area (Å²) in [7, 11) is 1.86. The van der Waals surface area contributed by atoms with Crippen molar-refractivity contribution in [2.45, 2.75) is 58.7 Å². The van der Waals surface area contributed by atoms with E-state index in [-0.39, 0.29) is 18.4 Å². The van der Waals surface area contributed by atoms with E-state index in [2.05, 4.69) is 52.2 Å². The Morgan fingerprint density at radius 1 is 1.22 bits per heavy atom. The third-order valence-corrected chi connectivity index (χ3v) is 7.48. The number of fused-ring (bicyclic) bond motifs is 2. The second-order valence-corrected chi connectivity index (χ2v) is 10.00. The van der Waals surface area contributed by atoms with Crippen molar-refractivity contribution >= 4 is 17.0 Å². The van der Waals surface area contributed by atoms with Crippen molar-refractivity contribution in [1.29, 1.82) is 0 Å². The lowest BCUT2D eigenvalue weighted by molar-refractivity contribution is -0.137. The van der Waals surface area contributed by atoms with Crippen LogP contribution in [0.3, 0.4) is 0 Å². The maximum Gasteiger partial charge on any atom is 0.304 e. The Morgan fingerprint density at radius 3 is 2.84 bits per heavy atom. The molecule has 0 aliphatic carbocycles. The molecule has 0 unspecified atom stereocenters. The molecular weight excluding hydrogens is 466 g/mol. The van der Waals surface area contributed by atoms with E-state index in [4.69, 9.17) is 4.74 Å². The van der Waals surface area contributed by atoms with Gasteiger partial charge in [-0.25, -0.2) is 4.68 Å². The van der Waals surface area contributed by atoms with E-state index in [9.17, 15) is 9.90 Å². The second kappa shape index (κ2) is 10.3. The molecule has 192 valence electrons. The van der Waals surface area contributed by atoms with Crippen molar-refractivity contribution < 1.29 is 14.6 Å². The molecule has 2 aromatic carbocycles. The number of hydrogen-bond donors (Lipinski definition) is 1. The zero-order valence-corrected chi connectivity index (χ0v) is 21.8. The van der Waals surface area contributed by atoms with Crippen LogP contribution in [-0.2, 0) is 24.9 Å². The van der Waals surface area contributed by atoms with Crippen LogP contribution in [0.4, 0.5) is 0 Å². The van der Waals surface area contributed by atoms with Gasteiger partial charge in [0, 0.05) is 44.4 Å². The molecule has 5 rings (SSSR count). The fourth-order valence-corrected chi connectivity index (χ4v) is 5.32. The quantitative estimate of drug-likeness (QED) is 0.392. The van der Waals surface area contributed by atoms with Gasteiger partial charge in [-0.15, -0.1) is 5.10 Å². The molecule has 0 radical (unpaired) electrons. The highest BCUT2D eigenvalue weighted by Gasteiger charge is 2.25. The van der Waals surface area contributed by atoms with E-state index in [1.807, 2.05) is 38.4 Å². The molecular formula is C29H33N5O3. The Balaban J connectivity index is 1.50. The zero-order chi connectivity index (χ0) is 26.1.